The van der Waals surface area contributed by atoms with Crippen LogP contribution in [0.5, 0.6) is 11.5 Å². The summed E-state index contributed by atoms with van der Waals surface area (Å²) in [4.78, 5) is 23.7. The van der Waals surface area contributed by atoms with Gasteiger partial charge in [0, 0.05) is 10.2 Å². The number of nitrogens with zero attached hydrogens (tertiary/aromatic N) is 2. The van der Waals surface area contributed by atoms with E-state index in [-0.39, 0.29) is 34.9 Å². The Hall–Kier alpha value is -4.16. The average molecular weight is 508 g/mol. The average Bonchev–Trinajstić information content (AvgIpc) is 2.81. The number of nitro benzene ring substituents is 1. The molecule has 9 heteroatoms. The Morgan fingerprint density at radius 1 is 1.15 bits per heavy atom. The first kappa shape index (κ1) is 23.5. The summed E-state index contributed by atoms with van der Waals surface area (Å²) in [5.41, 5.74) is 0.735. The fraction of sp³-hybridized carbons (Fsp3) is 0.0833. The van der Waals surface area contributed by atoms with Crippen LogP contribution in [-0.4, -0.2) is 17.9 Å². The van der Waals surface area contributed by atoms with E-state index >= 15 is 0 Å². The maximum Gasteiger partial charge on any atom is 0.280 e. The lowest BCUT2D eigenvalue weighted by molar-refractivity contribution is -0.385. The topological polar surface area (TPSA) is 114 Å². The van der Waals surface area contributed by atoms with Crippen molar-refractivity contribution < 1.29 is 19.2 Å². The van der Waals surface area contributed by atoms with Crippen LogP contribution in [0.1, 0.15) is 11.1 Å². The first-order chi connectivity index (χ1) is 15.9. The summed E-state index contributed by atoms with van der Waals surface area (Å²) in [7, 11) is 1.40. The molecule has 0 saturated heterocycles. The number of hydrogen-bond acceptors (Lipinski definition) is 6. The van der Waals surface area contributed by atoms with E-state index in [9.17, 15) is 20.2 Å². The van der Waals surface area contributed by atoms with Gasteiger partial charge >= 0.3 is 0 Å². The van der Waals surface area contributed by atoms with Gasteiger partial charge in [-0.25, -0.2) is 0 Å². The highest BCUT2D eigenvalue weighted by atomic mass is 79.9. The van der Waals surface area contributed by atoms with Gasteiger partial charge in [-0.1, -0.05) is 52.3 Å². The molecule has 0 radical (unpaired) electrons. The molecular formula is C24H18BrN3O5. The highest BCUT2D eigenvalue weighted by Gasteiger charge is 2.21. The second kappa shape index (κ2) is 10.9. The number of hydrogen-bond donors (Lipinski definition) is 1. The van der Waals surface area contributed by atoms with E-state index in [0.29, 0.717) is 5.69 Å². The van der Waals surface area contributed by atoms with E-state index < -0.39 is 10.8 Å². The lowest BCUT2D eigenvalue weighted by Gasteiger charge is -2.12. The first-order valence-corrected chi connectivity index (χ1v) is 10.4. The maximum absolute atomic E-state index is 12.6. The van der Waals surface area contributed by atoms with E-state index in [1.165, 1.54) is 19.2 Å². The molecule has 1 amide bonds. The Kier molecular flexibility index (Phi) is 7.78. The minimum atomic E-state index is -0.701. The highest BCUT2D eigenvalue weighted by Crippen LogP contribution is 2.36. The molecule has 0 fully saturated rings. The zero-order valence-corrected chi connectivity index (χ0v) is 19.0. The van der Waals surface area contributed by atoms with Gasteiger partial charge in [0.05, 0.1) is 23.7 Å². The Labute approximate surface area is 198 Å². The van der Waals surface area contributed by atoms with Crippen molar-refractivity contribution in [3.63, 3.8) is 0 Å². The summed E-state index contributed by atoms with van der Waals surface area (Å²) in [5, 5.41) is 23.8. The zero-order valence-electron chi connectivity index (χ0n) is 17.4. The Morgan fingerprint density at radius 3 is 2.55 bits per heavy atom. The van der Waals surface area contributed by atoms with E-state index in [2.05, 4.69) is 21.2 Å². The van der Waals surface area contributed by atoms with Gasteiger partial charge in [-0.2, -0.15) is 5.26 Å². The molecule has 0 aromatic heterocycles. The molecule has 0 aliphatic rings. The summed E-state index contributed by atoms with van der Waals surface area (Å²) in [6.07, 6.45) is 1.15. The summed E-state index contributed by atoms with van der Waals surface area (Å²) < 4.78 is 11.8. The number of benzene rings is 3. The lowest BCUT2D eigenvalue weighted by atomic mass is 10.1. The van der Waals surface area contributed by atoms with Crippen molar-refractivity contribution in [2.45, 2.75) is 6.61 Å². The quantitative estimate of drug-likeness (QED) is 0.186. The van der Waals surface area contributed by atoms with E-state index in [1.807, 2.05) is 30.3 Å². The predicted molar refractivity (Wildman–Crippen MR) is 127 cm³/mol. The maximum atomic E-state index is 12.6. The van der Waals surface area contributed by atoms with Crippen LogP contribution in [0.3, 0.4) is 0 Å². The van der Waals surface area contributed by atoms with Crippen molar-refractivity contribution in [1.29, 1.82) is 5.26 Å². The normalized spacial score (nSPS) is 10.8. The van der Waals surface area contributed by atoms with Crippen LogP contribution in [-0.2, 0) is 11.4 Å². The van der Waals surface area contributed by atoms with Gasteiger partial charge < -0.3 is 14.8 Å². The number of methoxy groups -OCH3 is 1. The van der Waals surface area contributed by atoms with Crippen LogP contribution < -0.4 is 14.8 Å². The van der Waals surface area contributed by atoms with Gasteiger partial charge in [0.15, 0.2) is 11.5 Å². The van der Waals surface area contributed by atoms with Crippen molar-refractivity contribution in [3.8, 4) is 17.6 Å². The molecule has 8 nitrogen and oxygen atoms in total. The number of anilines is 1. The number of nitro groups is 1. The summed E-state index contributed by atoms with van der Waals surface area (Å²) >= 11 is 3.30. The number of ether oxygens (including phenoxy) is 2. The number of nitriles is 1. The van der Waals surface area contributed by atoms with Crippen LogP contribution in [0.25, 0.3) is 6.08 Å². The standard InChI is InChI=1S/C24H18BrN3O5/c1-32-22-11-17(10-18(14-26)24(29)27-20-9-5-8-19(25)12-20)21(28(30)31)13-23(22)33-15-16-6-3-2-4-7-16/h2-13H,15H2,1H3,(H,27,29)/b18-10-. The third-order valence-corrected chi connectivity index (χ3v) is 4.99. The van der Waals surface area contributed by atoms with Gasteiger partial charge in [-0.05, 0) is 35.9 Å². The summed E-state index contributed by atoms with van der Waals surface area (Å²) in [6.45, 7) is 0.183. The molecule has 0 unspecified atom stereocenters. The molecule has 33 heavy (non-hydrogen) atoms. The lowest BCUT2D eigenvalue weighted by Crippen LogP contribution is -2.13. The van der Waals surface area contributed by atoms with E-state index in [0.717, 1.165) is 16.1 Å². The van der Waals surface area contributed by atoms with Crippen LogP contribution in [0, 0.1) is 21.4 Å². The van der Waals surface area contributed by atoms with Crippen molar-refractivity contribution in [1.82, 2.24) is 0 Å². The molecule has 166 valence electrons. The van der Waals surface area contributed by atoms with Crippen LogP contribution in [0.15, 0.2) is 76.8 Å². The van der Waals surface area contributed by atoms with Gasteiger partial charge in [-0.15, -0.1) is 0 Å². The molecule has 0 spiro atoms. The summed E-state index contributed by atoms with van der Waals surface area (Å²) in [6, 6.07) is 20.5. The third-order valence-electron chi connectivity index (χ3n) is 4.49. The smallest absolute Gasteiger partial charge is 0.280 e. The predicted octanol–water partition coefficient (Wildman–Crippen LogP) is 5.49. The molecule has 0 bridgehead atoms. The van der Waals surface area contributed by atoms with E-state index in [1.54, 1.807) is 30.3 Å². The number of halogens is 1. The molecule has 0 heterocycles. The molecular weight excluding hydrogens is 490 g/mol. The molecule has 0 saturated carbocycles. The van der Waals surface area contributed by atoms with Gasteiger partial charge in [0.1, 0.15) is 18.2 Å². The monoisotopic (exact) mass is 507 g/mol. The zero-order chi connectivity index (χ0) is 23.8. The Balaban J connectivity index is 1.93. The Morgan fingerprint density at radius 2 is 1.91 bits per heavy atom. The van der Waals surface area contributed by atoms with Crippen molar-refractivity contribution in [3.05, 3.63) is 98.0 Å². The van der Waals surface area contributed by atoms with Crippen LogP contribution in [0.4, 0.5) is 11.4 Å². The molecule has 0 atom stereocenters. The number of nitrogens with one attached hydrogen (secondary N) is 1. The largest absolute Gasteiger partial charge is 0.493 e. The van der Waals surface area contributed by atoms with Crippen molar-refractivity contribution in [2.24, 2.45) is 0 Å². The molecule has 1 N–H and O–H groups in total. The Bertz CT molecular complexity index is 1250. The van der Waals surface area contributed by atoms with Crippen LogP contribution in [0.2, 0.25) is 0 Å². The second-order valence-electron chi connectivity index (χ2n) is 6.73. The minimum Gasteiger partial charge on any atom is -0.493 e. The number of carbonyl (C=O) groups is 1. The van der Waals surface area contributed by atoms with Gasteiger partial charge in [0.25, 0.3) is 11.6 Å². The van der Waals surface area contributed by atoms with Crippen LogP contribution >= 0.6 is 15.9 Å². The minimum absolute atomic E-state index is 0.0323. The van der Waals surface area contributed by atoms with E-state index in [4.69, 9.17) is 9.47 Å². The first-order valence-electron chi connectivity index (χ1n) is 9.63. The van der Waals surface area contributed by atoms with Crippen molar-refractivity contribution >= 4 is 39.3 Å². The molecule has 3 aromatic rings. The van der Waals surface area contributed by atoms with Gasteiger partial charge in [-0.3, -0.25) is 14.9 Å². The summed E-state index contributed by atoms with van der Waals surface area (Å²) in [5.74, 6) is -0.303. The van der Waals surface area contributed by atoms with Crippen molar-refractivity contribution in [2.75, 3.05) is 12.4 Å². The number of carbonyl (C=O) groups excluding carboxylic acids is 1. The molecule has 0 aliphatic carbocycles. The molecule has 3 aromatic carbocycles. The van der Waals surface area contributed by atoms with Gasteiger partial charge in [0.2, 0.25) is 0 Å². The number of amides is 1. The SMILES string of the molecule is COc1cc(/C=C(/C#N)C(=O)Nc2cccc(Br)c2)c([N+](=O)[O-])cc1OCc1ccccc1. The second-order valence-corrected chi connectivity index (χ2v) is 7.64. The fourth-order valence-corrected chi connectivity index (χ4v) is 3.31. The molecule has 0 aliphatic heterocycles. The highest BCUT2D eigenvalue weighted by molar-refractivity contribution is 9.10. The third kappa shape index (κ3) is 6.18. The molecule has 3 rings (SSSR count). The fourth-order valence-electron chi connectivity index (χ4n) is 2.92. The number of rotatable bonds is 8.